The molecule has 0 fully saturated rings. The summed E-state index contributed by atoms with van der Waals surface area (Å²) in [6, 6.07) is 8.95. The van der Waals surface area contributed by atoms with Crippen LogP contribution in [0, 0.1) is 0 Å². The fourth-order valence-corrected chi connectivity index (χ4v) is 2.73. The molecule has 5 nitrogen and oxygen atoms in total. The molecular formula is C13H19NO4S. The van der Waals surface area contributed by atoms with Crippen LogP contribution >= 0.6 is 0 Å². The molecule has 1 aromatic rings. The predicted molar refractivity (Wildman–Crippen MR) is 72.9 cm³/mol. The van der Waals surface area contributed by atoms with E-state index in [9.17, 15) is 13.2 Å². The number of ether oxygens (including phenoxy) is 1. The molecule has 0 bridgehead atoms. The van der Waals surface area contributed by atoms with Crippen molar-refractivity contribution < 1.29 is 17.9 Å². The average Bonchev–Trinajstić information content (AvgIpc) is 2.36. The molecule has 0 radical (unpaired) electrons. The van der Waals surface area contributed by atoms with E-state index >= 15 is 0 Å². The van der Waals surface area contributed by atoms with Crippen molar-refractivity contribution in [1.29, 1.82) is 0 Å². The minimum absolute atomic E-state index is 0.0484. The van der Waals surface area contributed by atoms with Crippen LogP contribution in [0.4, 0.5) is 0 Å². The van der Waals surface area contributed by atoms with Crippen molar-refractivity contribution in [2.45, 2.75) is 25.5 Å². The van der Waals surface area contributed by atoms with Gasteiger partial charge in [0.1, 0.15) is 0 Å². The standard InChI is InChI=1S/C13H19NO4S/c1-2-18-13(15)9-6-10-14-19(16,17)11-12-7-4-3-5-8-12/h3-5,7-8,14H,2,6,9-11H2,1H3. The molecule has 0 aliphatic rings. The van der Waals surface area contributed by atoms with Crippen LogP contribution in [-0.2, 0) is 25.3 Å². The lowest BCUT2D eigenvalue weighted by atomic mass is 10.2. The number of esters is 1. The van der Waals surface area contributed by atoms with Gasteiger partial charge in [-0.15, -0.1) is 0 Å². The molecule has 106 valence electrons. The molecule has 0 aliphatic carbocycles. The van der Waals surface area contributed by atoms with E-state index < -0.39 is 10.0 Å². The van der Waals surface area contributed by atoms with Gasteiger partial charge >= 0.3 is 5.97 Å². The van der Waals surface area contributed by atoms with Gasteiger partial charge in [-0.05, 0) is 18.9 Å². The molecule has 19 heavy (non-hydrogen) atoms. The molecule has 0 unspecified atom stereocenters. The summed E-state index contributed by atoms with van der Waals surface area (Å²) in [5.74, 6) is -0.350. The van der Waals surface area contributed by atoms with Crippen molar-refractivity contribution in [3.05, 3.63) is 35.9 Å². The van der Waals surface area contributed by atoms with Crippen molar-refractivity contribution in [1.82, 2.24) is 4.72 Å². The molecule has 0 aromatic heterocycles. The number of benzene rings is 1. The lowest BCUT2D eigenvalue weighted by Crippen LogP contribution is -2.26. The van der Waals surface area contributed by atoms with Gasteiger partial charge in [0, 0.05) is 13.0 Å². The second-order valence-corrected chi connectivity index (χ2v) is 5.85. The number of sulfonamides is 1. The predicted octanol–water partition coefficient (Wildman–Crippen LogP) is 1.45. The first-order valence-corrected chi connectivity index (χ1v) is 7.85. The third kappa shape index (κ3) is 6.93. The van der Waals surface area contributed by atoms with Gasteiger partial charge in [0.15, 0.2) is 0 Å². The van der Waals surface area contributed by atoms with Gasteiger partial charge in [0.05, 0.1) is 12.4 Å². The highest BCUT2D eigenvalue weighted by atomic mass is 32.2. The number of nitrogens with one attached hydrogen (secondary N) is 1. The lowest BCUT2D eigenvalue weighted by Gasteiger charge is -2.06. The maximum absolute atomic E-state index is 11.7. The zero-order valence-corrected chi connectivity index (χ0v) is 11.8. The summed E-state index contributed by atoms with van der Waals surface area (Å²) in [5.41, 5.74) is 0.736. The zero-order valence-electron chi connectivity index (χ0n) is 11.0. The van der Waals surface area contributed by atoms with E-state index in [4.69, 9.17) is 4.74 Å². The molecule has 1 aromatic carbocycles. The molecule has 0 amide bonds. The first-order valence-electron chi connectivity index (χ1n) is 6.20. The Balaban J connectivity index is 2.30. The molecule has 6 heteroatoms. The highest BCUT2D eigenvalue weighted by Gasteiger charge is 2.11. The van der Waals surface area contributed by atoms with Gasteiger partial charge in [-0.3, -0.25) is 4.79 Å². The van der Waals surface area contributed by atoms with Crippen LogP contribution in [0.5, 0.6) is 0 Å². The molecule has 1 N–H and O–H groups in total. The fourth-order valence-electron chi connectivity index (χ4n) is 1.54. The van der Waals surface area contributed by atoms with Crippen molar-refractivity contribution in [3.8, 4) is 0 Å². The second-order valence-electron chi connectivity index (χ2n) is 4.05. The monoisotopic (exact) mass is 285 g/mol. The molecule has 0 saturated heterocycles. The first-order chi connectivity index (χ1) is 9.03. The van der Waals surface area contributed by atoms with Crippen LogP contribution < -0.4 is 4.72 Å². The zero-order chi connectivity index (χ0) is 14.1. The molecule has 0 aliphatic heterocycles. The van der Waals surface area contributed by atoms with Gasteiger partial charge in [-0.25, -0.2) is 13.1 Å². The molecule has 0 atom stereocenters. The fraction of sp³-hybridized carbons (Fsp3) is 0.462. The van der Waals surface area contributed by atoms with Crippen molar-refractivity contribution in [3.63, 3.8) is 0 Å². The largest absolute Gasteiger partial charge is 0.466 e. The van der Waals surface area contributed by atoms with Crippen LogP contribution in [0.25, 0.3) is 0 Å². The minimum atomic E-state index is -3.35. The van der Waals surface area contributed by atoms with Gasteiger partial charge in [0.2, 0.25) is 10.0 Å². The second kappa shape index (κ2) is 7.91. The van der Waals surface area contributed by atoms with Gasteiger partial charge in [0.25, 0.3) is 0 Å². The maximum atomic E-state index is 11.7. The summed E-state index contributed by atoms with van der Waals surface area (Å²) in [4.78, 5) is 11.1. The summed E-state index contributed by atoms with van der Waals surface area (Å²) >= 11 is 0. The van der Waals surface area contributed by atoms with Gasteiger partial charge in [-0.1, -0.05) is 30.3 Å². The van der Waals surface area contributed by atoms with E-state index in [0.29, 0.717) is 13.0 Å². The first kappa shape index (κ1) is 15.7. The lowest BCUT2D eigenvalue weighted by molar-refractivity contribution is -0.143. The SMILES string of the molecule is CCOC(=O)CCCNS(=O)(=O)Cc1ccccc1. The van der Waals surface area contributed by atoms with Crippen molar-refractivity contribution in [2.75, 3.05) is 13.2 Å². The summed E-state index contributed by atoms with van der Waals surface area (Å²) in [6.07, 6.45) is 0.661. The average molecular weight is 285 g/mol. The summed E-state index contributed by atoms with van der Waals surface area (Å²) in [5, 5.41) is 0. The Hall–Kier alpha value is -1.40. The Labute approximate surface area is 114 Å². The van der Waals surface area contributed by atoms with E-state index in [1.54, 1.807) is 31.2 Å². The quantitative estimate of drug-likeness (QED) is 0.579. The van der Waals surface area contributed by atoms with Crippen LogP contribution in [0.1, 0.15) is 25.3 Å². The van der Waals surface area contributed by atoms with E-state index in [-0.39, 0.29) is 24.7 Å². The number of carbonyl (C=O) groups is 1. The van der Waals surface area contributed by atoms with Crippen LogP contribution in [0.2, 0.25) is 0 Å². The molecular weight excluding hydrogens is 266 g/mol. The van der Waals surface area contributed by atoms with Crippen LogP contribution in [-0.4, -0.2) is 27.5 Å². The molecule has 0 saturated carbocycles. The number of rotatable bonds is 8. The highest BCUT2D eigenvalue weighted by molar-refractivity contribution is 7.88. The van der Waals surface area contributed by atoms with Gasteiger partial charge < -0.3 is 4.74 Å². The van der Waals surface area contributed by atoms with Crippen LogP contribution in [0.3, 0.4) is 0 Å². The summed E-state index contributed by atoms with van der Waals surface area (Å²) in [6.45, 7) is 2.33. The van der Waals surface area contributed by atoms with E-state index in [0.717, 1.165) is 5.56 Å². The van der Waals surface area contributed by atoms with Crippen molar-refractivity contribution in [2.24, 2.45) is 0 Å². The number of hydrogen-bond donors (Lipinski definition) is 1. The summed E-state index contributed by atoms with van der Waals surface area (Å²) < 4.78 is 30.7. The Morgan fingerprint density at radius 1 is 1.26 bits per heavy atom. The minimum Gasteiger partial charge on any atom is -0.466 e. The molecule has 1 rings (SSSR count). The van der Waals surface area contributed by atoms with E-state index in [2.05, 4.69) is 4.72 Å². The third-order valence-corrected chi connectivity index (χ3v) is 3.74. The Kier molecular flexibility index (Phi) is 6.52. The topological polar surface area (TPSA) is 72.5 Å². The van der Waals surface area contributed by atoms with Crippen molar-refractivity contribution >= 4 is 16.0 Å². The summed E-state index contributed by atoms with van der Waals surface area (Å²) in [7, 11) is -3.35. The smallest absolute Gasteiger partial charge is 0.305 e. The normalized spacial score (nSPS) is 11.2. The van der Waals surface area contributed by atoms with Crippen LogP contribution in [0.15, 0.2) is 30.3 Å². The number of hydrogen-bond acceptors (Lipinski definition) is 4. The highest BCUT2D eigenvalue weighted by Crippen LogP contribution is 2.04. The number of carbonyl (C=O) groups excluding carboxylic acids is 1. The molecule has 0 spiro atoms. The third-order valence-electron chi connectivity index (χ3n) is 2.38. The maximum Gasteiger partial charge on any atom is 0.305 e. The van der Waals surface area contributed by atoms with Gasteiger partial charge in [-0.2, -0.15) is 0 Å². The Bertz CT molecular complexity index is 485. The Morgan fingerprint density at radius 3 is 2.58 bits per heavy atom. The van der Waals surface area contributed by atoms with E-state index in [1.807, 2.05) is 6.07 Å². The Morgan fingerprint density at radius 2 is 1.95 bits per heavy atom. The van der Waals surface area contributed by atoms with E-state index in [1.165, 1.54) is 0 Å². The molecule has 0 heterocycles.